The average molecular weight is 305 g/mol. The minimum Gasteiger partial charge on any atom is -0.377 e. The predicted octanol–water partition coefficient (Wildman–Crippen LogP) is 1.87. The van der Waals surface area contributed by atoms with Gasteiger partial charge in [-0.3, -0.25) is 4.79 Å². The van der Waals surface area contributed by atoms with E-state index >= 15 is 0 Å². The highest BCUT2D eigenvalue weighted by molar-refractivity contribution is 6.34. The lowest BCUT2D eigenvalue weighted by atomic mass is 10.2. The number of nitrogens with zero attached hydrogens (tertiary/aromatic N) is 2. The summed E-state index contributed by atoms with van der Waals surface area (Å²) < 4.78 is 10.6. The highest BCUT2D eigenvalue weighted by atomic mass is 35.5. The molecule has 1 saturated heterocycles. The van der Waals surface area contributed by atoms with Gasteiger partial charge in [-0.25, -0.2) is 4.98 Å². The van der Waals surface area contributed by atoms with Gasteiger partial charge in [0.25, 0.3) is 5.91 Å². The molecule has 0 spiro atoms. The van der Waals surface area contributed by atoms with Crippen LogP contribution < -0.4 is 0 Å². The van der Waals surface area contributed by atoms with Gasteiger partial charge in [0.2, 0.25) is 0 Å². The number of carbonyl (C=O) groups is 1. The summed E-state index contributed by atoms with van der Waals surface area (Å²) >= 11 is 11.6. The van der Waals surface area contributed by atoms with Crippen LogP contribution in [0.3, 0.4) is 0 Å². The molecule has 0 aliphatic carbocycles. The highest BCUT2D eigenvalue weighted by Gasteiger charge is 2.36. The molecule has 0 aromatic carbocycles. The van der Waals surface area contributed by atoms with Crippen LogP contribution in [0.4, 0.5) is 0 Å². The van der Waals surface area contributed by atoms with Crippen LogP contribution in [-0.2, 0) is 9.47 Å². The van der Waals surface area contributed by atoms with Gasteiger partial charge in [0.1, 0.15) is 22.5 Å². The minimum atomic E-state index is -0.198. The minimum absolute atomic E-state index is 0.104. The van der Waals surface area contributed by atoms with Gasteiger partial charge in [-0.2, -0.15) is 0 Å². The molecule has 1 aromatic rings. The van der Waals surface area contributed by atoms with Crippen LogP contribution >= 0.6 is 23.2 Å². The number of halogens is 2. The van der Waals surface area contributed by atoms with Crippen molar-refractivity contribution in [2.75, 3.05) is 27.3 Å². The third-order valence-corrected chi connectivity index (χ3v) is 3.65. The van der Waals surface area contributed by atoms with E-state index in [0.717, 1.165) is 0 Å². The van der Waals surface area contributed by atoms with E-state index in [9.17, 15) is 4.79 Å². The van der Waals surface area contributed by atoms with Crippen LogP contribution in [0.25, 0.3) is 0 Å². The molecule has 0 N–H and O–H groups in total. The van der Waals surface area contributed by atoms with Gasteiger partial charge in [0, 0.05) is 27.3 Å². The number of hydrogen-bond acceptors (Lipinski definition) is 4. The second kappa shape index (κ2) is 6.05. The van der Waals surface area contributed by atoms with E-state index < -0.39 is 0 Å². The quantitative estimate of drug-likeness (QED) is 0.800. The lowest BCUT2D eigenvalue weighted by molar-refractivity contribution is -0.00461. The first-order valence-electron chi connectivity index (χ1n) is 5.73. The van der Waals surface area contributed by atoms with Gasteiger partial charge < -0.3 is 14.4 Å². The normalized spacial score (nSPS) is 22.8. The van der Waals surface area contributed by atoms with Gasteiger partial charge >= 0.3 is 0 Å². The lowest BCUT2D eigenvalue weighted by Crippen LogP contribution is -2.30. The number of likely N-dealkylation sites (tertiary alicyclic amines) is 1. The molecule has 0 radical (unpaired) electrons. The van der Waals surface area contributed by atoms with Crippen molar-refractivity contribution in [3.05, 3.63) is 28.0 Å². The van der Waals surface area contributed by atoms with E-state index in [1.165, 1.54) is 0 Å². The number of aromatic nitrogens is 1. The summed E-state index contributed by atoms with van der Waals surface area (Å²) in [5.74, 6) is -0.198. The fraction of sp³-hybridized carbons (Fsp3) is 0.500. The van der Waals surface area contributed by atoms with Crippen LogP contribution in [0.1, 0.15) is 10.4 Å². The summed E-state index contributed by atoms with van der Waals surface area (Å²) in [7, 11) is 3.20. The van der Waals surface area contributed by atoms with E-state index in [1.54, 1.807) is 31.3 Å². The fourth-order valence-corrected chi connectivity index (χ4v) is 2.53. The van der Waals surface area contributed by atoms with Gasteiger partial charge in [-0.1, -0.05) is 23.2 Å². The van der Waals surface area contributed by atoms with Crippen molar-refractivity contribution < 1.29 is 14.3 Å². The SMILES string of the molecule is COC1CN(C(=O)c2ccc(Cl)nc2Cl)CC1OC. The molecule has 1 fully saturated rings. The van der Waals surface area contributed by atoms with E-state index in [0.29, 0.717) is 18.7 Å². The Bertz CT molecular complexity index is 472. The second-order valence-electron chi connectivity index (χ2n) is 4.23. The summed E-state index contributed by atoms with van der Waals surface area (Å²) in [6.45, 7) is 0.930. The summed E-state index contributed by atoms with van der Waals surface area (Å²) in [5.41, 5.74) is 0.331. The molecule has 0 bridgehead atoms. The van der Waals surface area contributed by atoms with Crippen LogP contribution in [0.5, 0.6) is 0 Å². The van der Waals surface area contributed by atoms with Crippen LogP contribution in [-0.4, -0.2) is 55.3 Å². The molecule has 5 nitrogen and oxygen atoms in total. The van der Waals surface area contributed by atoms with Gasteiger partial charge in [-0.05, 0) is 12.1 Å². The maximum Gasteiger partial charge on any atom is 0.257 e. The Hall–Kier alpha value is -0.880. The molecule has 7 heteroatoms. The van der Waals surface area contributed by atoms with Crippen molar-refractivity contribution in [3.8, 4) is 0 Å². The van der Waals surface area contributed by atoms with Crippen molar-refractivity contribution in [1.29, 1.82) is 0 Å². The van der Waals surface area contributed by atoms with Crippen molar-refractivity contribution in [2.24, 2.45) is 0 Å². The number of hydrogen-bond donors (Lipinski definition) is 0. The second-order valence-corrected chi connectivity index (χ2v) is 4.98. The molecule has 0 saturated carbocycles. The average Bonchev–Trinajstić information content (AvgIpc) is 2.81. The van der Waals surface area contributed by atoms with Gasteiger partial charge in [0.05, 0.1) is 5.56 Å². The van der Waals surface area contributed by atoms with Crippen LogP contribution in [0.2, 0.25) is 10.3 Å². The number of carbonyl (C=O) groups excluding carboxylic acids is 1. The molecule has 1 amide bonds. The Balaban J connectivity index is 2.17. The zero-order valence-electron chi connectivity index (χ0n) is 10.6. The first-order chi connectivity index (χ1) is 9.06. The van der Waals surface area contributed by atoms with Crippen molar-refractivity contribution in [1.82, 2.24) is 9.88 Å². The molecule has 19 heavy (non-hydrogen) atoms. The smallest absolute Gasteiger partial charge is 0.257 e. The number of methoxy groups -OCH3 is 2. The van der Waals surface area contributed by atoms with Crippen molar-refractivity contribution in [3.63, 3.8) is 0 Å². The topological polar surface area (TPSA) is 51.7 Å². The van der Waals surface area contributed by atoms with Crippen LogP contribution in [0, 0.1) is 0 Å². The molecular formula is C12H14Cl2N2O3. The monoisotopic (exact) mass is 304 g/mol. The predicted molar refractivity (Wildman–Crippen MR) is 71.8 cm³/mol. The molecule has 104 valence electrons. The largest absolute Gasteiger partial charge is 0.377 e. The zero-order chi connectivity index (χ0) is 14.0. The third-order valence-electron chi connectivity index (χ3n) is 3.15. The maximum absolute atomic E-state index is 12.3. The Morgan fingerprint density at radius 3 is 2.32 bits per heavy atom. The lowest BCUT2D eigenvalue weighted by Gasteiger charge is -2.16. The Kier molecular flexibility index (Phi) is 4.62. The summed E-state index contributed by atoms with van der Waals surface area (Å²) in [4.78, 5) is 17.9. The highest BCUT2D eigenvalue weighted by Crippen LogP contribution is 2.22. The molecule has 2 unspecified atom stereocenters. The Morgan fingerprint density at radius 1 is 1.26 bits per heavy atom. The molecule has 2 atom stereocenters. The van der Waals surface area contributed by atoms with Crippen molar-refractivity contribution in [2.45, 2.75) is 12.2 Å². The molecular weight excluding hydrogens is 291 g/mol. The van der Waals surface area contributed by atoms with E-state index in [4.69, 9.17) is 32.7 Å². The fourth-order valence-electron chi connectivity index (χ4n) is 2.10. The van der Waals surface area contributed by atoms with E-state index in [-0.39, 0.29) is 28.4 Å². The summed E-state index contributed by atoms with van der Waals surface area (Å²) in [6.07, 6.45) is -0.263. The molecule has 1 aromatic heterocycles. The molecule has 2 rings (SSSR count). The third kappa shape index (κ3) is 3.00. The number of ether oxygens (including phenoxy) is 2. The molecule has 1 aliphatic rings. The first kappa shape index (κ1) is 14.5. The van der Waals surface area contributed by atoms with E-state index in [2.05, 4.69) is 4.98 Å². The maximum atomic E-state index is 12.3. The van der Waals surface area contributed by atoms with Gasteiger partial charge in [-0.15, -0.1) is 0 Å². The number of rotatable bonds is 3. The van der Waals surface area contributed by atoms with Crippen LogP contribution in [0.15, 0.2) is 12.1 Å². The summed E-state index contributed by atoms with van der Waals surface area (Å²) in [6, 6.07) is 3.11. The first-order valence-corrected chi connectivity index (χ1v) is 6.49. The molecule has 1 aliphatic heterocycles. The number of amides is 1. The van der Waals surface area contributed by atoms with Crippen molar-refractivity contribution >= 4 is 29.1 Å². The van der Waals surface area contributed by atoms with E-state index in [1.807, 2.05) is 0 Å². The zero-order valence-corrected chi connectivity index (χ0v) is 12.1. The summed E-state index contributed by atoms with van der Waals surface area (Å²) in [5, 5.41) is 0.361. The Morgan fingerprint density at radius 2 is 1.84 bits per heavy atom. The number of pyridine rings is 1. The van der Waals surface area contributed by atoms with Gasteiger partial charge in [0.15, 0.2) is 0 Å². The molecule has 2 heterocycles. The Labute approximate surface area is 121 Å². The standard InChI is InChI=1S/C12H14Cl2N2O3/c1-18-8-5-16(6-9(8)19-2)12(17)7-3-4-10(13)15-11(7)14/h3-4,8-9H,5-6H2,1-2H3.